The van der Waals surface area contributed by atoms with Gasteiger partial charge in [-0.25, -0.2) is 0 Å². The number of benzene rings is 1. The maximum atomic E-state index is 11.6. The first kappa shape index (κ1) is 21.4. The van der Waals surface area contributed by atoms with Crippen LogP contribution in [0.25, 0.3) is 0 Å². The molecule has 0 spiro atoms. The van der Waals surface area contributed by atoms with Gasteiger partial charge in [-0.3, -0.25) is 14.7 Å². The number of carbonyl (C=O) groups is 1. The van der Waals surface area contributed by atoms with E-state index in [-0.39, 0.29) is 12.5 Å². The maximum absolute atomic E-state index is 11.6. The minimum atomic E-state index is -0.0551. The summed E-state index contributed by atoms with van der Waals surface area (Å²) in [5.74, 6) is 1.14. The van der Waals surface area contributed by atoms with E-state index in [9.17, 15) is 4.79 Å². The fraction of sp³-hybridized carbons (Fsp3) is 0.619. The molecule has 1 saturated carbocycles. The summed E-state index contributed by atoms with van der Waals surface area (Å²) < 4.78 is 10.9. The molecule has 8 heteroatoms. The SMILES string of the molecule is NC(=NCCCN1CCOCC1)NCCc1ccc(OCC(=O)NC2CC2)cc1. The fourth-order valence-corrected chi connectivity index (χ4v) is 3.11. The predicted molar refractivity (Wildman–Crippen MR) is 113 cm³/mol. The highest BCUT2D eigenvalue weighted by Crippen LogP contribution is 2.18. The molecule has 1 aliphatic carbocycles. The first-order valence-electron chi connectivity index (χ1n) is 10.5. The molecule has 1 aliphatic heterocycles. The van der Waals surface area contributed by atoms with Crippen molar-refractivity contribution in [1.29, 1.82) is 0 Å². The summed E-state index contributed by atoms with van der Waals surface area (Å²) in [7, 11) is 0. The molecule has 160 valence electrons. The molecule has 2 fully saturated rings. The van der Waals surface area contributed by atoms with Crippen LogP contribution in [0.5, 0.6) is 5.75 Å². The average molecular weight is 404 g/mol. The molecule has 1 amide bonds. The number of carbonyl (C=O) groups excluding carboxylic acids is 1. The molecule has 1 aromatic carbocycles. The average Bonchev–Trinajstić information content (AvgIpc) is 3.55. The second-order valence-electron chi connectivity index (χ2n) is 7.53. The third kappa shape index (κ3) is 8.70. The minimum absolute atomic E-state index is 0.0551. The van der Waals surface area contributed by atoms with Crippen molar-refractivity contribution in [2.45, 2.75) is 31.7 Å². The Morgan fingerprint density at radius 2 is 2.00 bits per heavy atom. The van der Waals surface area contributed by atoms with Crippen LogP contribution in [0.1, 0.15) is 24.8 Å². The van der Waals surface area contributed by atoms with Crippen molar-refractivity contribution in [3.63, 3.8) is 0 Å². The van der Waals surface area contributed by atoms with Crippen LogP contribution in [0.3, 0.4) is 0 Å². The number of ether oxygens (including phenoxy) is 2. The van der Waals surface area contributed by atoms with Crippen LogP contribution in [0.15, 0.2) is 29.3 Å². The van der Waals surface area contributed by atoms with Gasteiger partial charge in [0.2, 0.25) is 0 Å². The number of rotatable bonds is 11. The molecule has 8 nitrogen and oxygen atoms in total. The number of guanidine groups is 1. The van der Waals surface area contributed by atoms with E-state index >= 15 is 0 Å². The van der Waals surface area contributed by atoms with E-state index in [0.717, 1.165) is 71.6 Å². The predicted octanol–water partition coefficient (Wildman–Crippen LogP) is 0.513. The molecule has 0 unspecified atom stereocenters. The molecule has 1 aromatic rings. The zero-order valence-electron chi connectivity index (χ0n) is 17.1. The van der Waals surface area contributed by atoms with Crippen LogP contribution in [0, 0.1) is 0 Å². The summed E-state index contributed by atoms with van der Waals surface area (Å²) in [6.45, 7) is 6.24. The number of amides is 1. The molecule has 0 atom stereocenters. The highest BCUT2D eigenvalue weighted by molar-refractivity contribution is 5.78. The van der Waals surface area contributed by atoms with Crippen LogP contribution in [-0.4, -0.2) is 75.4 Å². The fourth-order valence-electron chi connectivity index (χ4n) is 3.11. The van der Waals surface area contributed by atoms with Gasteiger partial charge in [0.05, 0.1) is 13.2 Å². The quantitative estimate of drug-likeness (QED) is 0.283. The van der Waals surface area contributed by atoms with Gasteiger partial charge in [0.1, 0.15) is 5.75 Å². The zero-order chi connectivity index (χ0) is 20.3. The molecular formula is C21H33N5O3. The first-order chi connectivity index (χ1) is 14.2. The van der Waals surface area contributed by atoms with Crippen LogP contribution in [0.4, 0.5) is 0 Å². The van der Waals surface area contributed by atoms with Crippen molar-refractivity contribution in [3.8, 4) is 5.75 Å². The summed E-state index contributed by atoms with van der Waals surface area (Å²) in [5, 5.41) is 6.06. The number of morpholine rings is 1. The van der Waals surface area contributed by atoms with Gasteiger partial charge in [-0.05, 0) is 43.4 Å². The lowest BCUT2D eigenvalue weighted by Crippen LogP contribution is -2.37. The number of nitrogens with two attached hydrogens (primary N) is 1. The van der Waals surface area contributed by atoms with Crippen molar-refractivity contribution < 1.29 is 14.3 Å². The van der Waals surface area contributed by atoms with Crippen molar-refractivity contribution in [2.24, 2.45) is 10.7 Å². The highest BCUT2D eigenvalue weighted by atomic mass is 16.5. The Hall–Kier alpha value is -2.32. The summed E-state index contributed by atoms with van der Waals surface area (Å²) in [6.07, 6.45) is 4.01. The number of nitrogens with one attached hydrogen (secondary N) is 2. The summed E-state index contributed by atoms with van der Waals surface area (Å²) in [5.41, 5.74) is 7.11. The van der Waals surface area contributed by atoms with Gasteiger partial charge in [0.25, 0.3) is 5.91 Å². The van der Waals surface area contributed by atoms with E-state index in [1.54, 1.807) is 0 Å². The topological polar surface area (TPSA) is 101 Å². The van der Waals surface area contributed by atoms with Gasteiger partial charge < -0.3 is 25.8 Å². The molecule has 0 bridgehead atoms. The molecule has 0 radical (unpaired) electrons. The maximum Gasteiger partial charge on any atom is 0.258 e. The summed E-state index contributed by atoms with van der Waals surface area (Å²) in [6, 6.07) is 8.16. The highest BCUT2D eigenvalue weighted by Gasteiger charge is 2.23. The number of nitrogens with zero attached hydrogens (tertiary/aromatic N) is 2. The lowest BCUT2D eigenvalue weighted by Gasteiger charge is -2.26. The van der Waals surface area contributed by atoms with E-state index in [0.29, 0.717) is 17.8 Å². The molecular weight excluding hydrogens is 370 g/mol. The van der Waals surface area contributed by atoms with Crippen LogP contribution in [0.2, 0.25) is 0 Å². The van der Waals surface area contributed by atoms with Crippen LogP contribution in [-0.2, 0) is 16.0 Å². The minimum Gasteiger partial charge on any atom is -0.484 e. The molecule has 29 heavy (non-hydrogen) atoms. The van der Waals surface area contributed by atoms with E-state index < -0.39 is 0 Å². The van der Waals surface area contributed by atoms with Crippen molar-refractivity contribution in [1.82, 2.24) is 15.5 Å². The number of hydrogen-bond donors (Lipinski definition) is 3. The van der Waals surface area contributed by atoms with Crippen molar-refractivity contribution in [3.05, 3.63) is 29.8 Å². The van der Waals surface area contributed by atoms with Gasteiger partial charge in [-0.15, -0.1) is 0 Å². The smallest absolute Gasteiger partial charge is 0.258 e. The Bertz CT molecular complexity index is 655. The van der Waals surface area contributed by atoms with Gasteiger partial charge in [0.15, 0.2) is 12.6 Å². The third-order valence-corrected chi connectivity index (χ3v) is 4.97. The van der Waals surface area contributed by atoms with Crippen LogP contribution >= 0.6 is 0 Å². The number of aliphatic imine (C=N–C) groups is 1. The second kappa shape index (κ2) is 11.6. The zero-order valence-corrected chi connectivity index (χ0v) is 17.1. The van der Waals surface area contributed by atoms with Crippen LogP contribution < -0.4 is 21.1 Å². The van der Waals surface area contributed by atoms with Crippen molar-refractivity contribution in [2.75, 3.05) is 52.5 Å². The van der Waals surface area contributed by atoms with Gasteiger partial charge >= 0.3 is 0 Å². The molecule has 0 aromatic heterocycles. The molecule has 4 N–H and O–H groups in total. The van der Waals surface area contributed by atoms with E-state index in [1.807, 2.05) is 24.3 Å². The normalized spacial score (nSPS) is 17.7. The standard InChI is InChI=1S/C21H33N5O3/c22-21(23-9-1-11-26-12-14-28-15-13-26)24-10-8-17-2-6-19(7-3-17)29-16-20(27)25-18-4-5-18/h2-3,6-7,18H,1,4-5,8-16H2,(H,25,27)(H3,22,23,24). The Morgan fingerprint density at radius 1 is 1.24 bits per heavy atom. The van der Waals surface area contributed by atoms with Crippen molar-refractivity contribution >= 4 is 11.9 Å². The van der Waals surface area contributed by atoms with Gasteiger partial charge in [0, 0.05) is 38.8 Å². The van der Waals surface area contributed by atoms with E-state index in [4.69, 9.17) is 15.2 Å². The Balaban J connectivity index is 1.25. The molecule has 3 rings (SSSR count). The Morgan fingerprint density at radius 3 is 2.72 bits per heavy atom. The second-order valence-corrected chi connectivity index (χ2v) is 7.53. The Kier molecular flexibility index (Phi) is 8.58. The molecule has 1 saturated heterocycles. The van der Waals surface area contributed by atoms with E-state index in [1.165, 1.54) is 5.56 Å². The lowest BCUT2D eigenvalue weighted by atomic mass is 10.1. The van der Waals surface area contributed by atoms with Gasteiger partial charge in [-0.2, -0.15) is 0 Å². The van der Waals surface area contributed by atoms with Gasteiger partial charge in [-0.1, -0.05) is 12.1 Å². The summed E-state index contributed by atoms with van der Waals surface area (Å²) >= 11 is 0. The lowest BCUT2D eigenvalue weighted by molar-refractivity contribution is -0.123. The molecule has 1 heterocycles. The Labute approximate surface area is 172 Å². The number of hydrogen-bond acceptors (Lipinski definition) is 5. The van der Waals surface area contributed by atoms with E-state index in [2.05, 4.69) is 20.5 Å². The first-order valence-corrected chi connectivity index (χ1v) is 10.5. The summed E-state index contributed by atoms with van der Waals surface area (Å²) in [4.78, 5) is 18.4. The monoisotopic (exact) mass is 403 g/mol. The largest absolute Gasteiger partial charge is 0.484 e. The third-order valence-electron chi connectivity index (χ3n) is 4.97. The molecule has 2 aliphatic rings.